The van der Waals surface area contributed by atoms with Crippen molar-refractivity contribution >= 4 is 29.4 Å². The highest BCUT2D eigenvalue weighted by Crippen LogP contribution is 2.33. The molecule has 0 N–H and O–H groups in total. The molecule has 0 saturated carbocycles. The summed E-state index contributed by atoms with van der Waals surface area (Å²) in [5.41, 5.74) is 2.64. The van der Waals surface area contributed by atoms with Crippen LogP contribution in [0.4, 0.5) is 0 Å². The van der Waals surface area contributed by atoms with Gasteiger partial charge in [-0.25, -0.2) is 0 Å². The van der Waals surface area contributed by atoms with E-state index in [-0.39, 0.29) is 11.9 Å². The van der Waals surface area contributed by atoms with Crippen LogP contribution in [0.2, 0.25) is 0 Å². The van der Waals surface area contributed by atoms with Gasteiger partial charge in [-0.2, -0.15) is 11.8 Å². The molecule has 0 aliphatic heterocycles. The van der Waals surface area contributed by atoms with Gasteiger partial charge in [-0.15, -0.1) is 10.2 Å². The molecule has 0 radical (unpaired) electrons. The maximum absolute atomic E-state index is 12.6. The Hall–Kier alpha value is -1.47. The fourth-order valence-electron chi connectivity index (χ4n) is 3.01. The number of nitrogens with zero attached hydrogens (tertiary/aromatic N) is 3. The fourth-order valence-corrected chi connectivity index (χ4v) is 4.08. The molecule has 0 fully saturated rings. The highest BCUT2D eigenvalue weighted by molar-refractivity contribution is 7.99. The van der Waals surface area contributed by atoms with Crippen LogP contribution < -0.4 is 0 Å². The summed E-state index contributed by atoms with van der Waals surface area (Å²) in [6.07, 6.45) is 5.22. The third-order valence-electron chi connectivity index (χ3n) is 4.23. The Bertz CT molecular complexity index is 705. The standard InChI is InChI=1S/C17H21N3O2S2/c1-20(14-9-5-7-12-6-3-4-8-13(12)14)16(21)11-24-17-19-18-15(22-17)10-23-2/h3-4,6,8,14H,5,7,9-11H2,1-2H3. The minimum absolute atomic E-state index is 0.0892. The molecule has 3 rings (SSSR count). The monoisotopic (exact) mass is 363 g/mol. The van der Waals surface area contributed by atoms with Gasteiger partial charge in [0.05, 0.1) is 17.5 Å². The number of hydrogen-bond donors (Lipinski definition) is 0. The number of aryl methyl sites for hydroxylation is 1. The van der Waals surface area contributed by atoms with Gasteiger partial charge >= 0.3 is 0 Å². The summed E-state index contributed by atoms with van der Waals surface area (Å²) in [6.45, 7) is 0. The zero-order valence-electron chi connectivity index (χ0n) is 13.9. The van der Waals surface area contributed by atoms with Crippen molar-refractivity contribution in [3.63, 3.8) is 0 Å². The van der Waals surface area contributed by atoms with Crippen molar-refractivity contribution in [1.29, 1.82) is 0 Å². The Labute approximate surface area is 150 Å². The van der Waals surface area contributed by atoms with Crippen LogP contribution in [0, 0.1) is 0 Å². The number of aromatic nitrogens is 2. The summed E-state index contributed by atoms with van der Waals surface area (Å²) in [5, 5.41) is 8.40. The van der Waals surface area contributed by atoms with Crippen LogP contribution in [0.5, 0.6) is 0 Å². The molecule has 1 amide bonds. The molecular weight excluding hydrogens is 342 g/mol. The first kappa shape index (κ1) is 17.4. The summed E-state index contributed by atoms with van der Waals surface area (Å²) in [4.78, 5) is 14.4. The van der Waals surface area contributed by atoms with Gasteiger partial charge in [0, 0.05) is 7.05 Å². The second-order valence-electron chi connectivity index (χ2n) is 5.79. The topological polar surface area (TPSA) is 59.2 Å². The Morgan fingerprint density at radius 1 is 1.38 bits per heavy atom. The highest BCUT2D eigenvalue weighted by Gasteiger charge is 2.26. The summed E-state index contributed by atoms with van der Waals surface area (Å²) >= 11 is 2.94. The van der Waals surface area contributed by atoms with Crippen molar-refractivity contribution in [2.45, 2.75) is 36.3 Å². The Kier molecular flexibility index (Phi) is 5.84. The number of fused-ring (bicyclic) bond motifs is 1. The second kappa shape index (κ2) is 8.07. The van der Waals surface area contributed by atoms with E-state index >= 15 is 0 Å². The summed E-state index contributed by atoms with van der Waals surface area (Å²) in [5.74, 6) is 1.70. The van der Waals surface area contributed by atoms with E-state index in [2.05, 4.69) is 34.5 Å². The number of rotatable bonds is 6. The molecule has 1 aliphatic rings. The number of carbonyl (C=O) groups excluding carboxylic acids is 1. The predicted octanol–water partition coefficient (Wildman–Crippen LogP) is 3.56. The van der Waals surface area contributed by atoms with E-state index in [1.807, 2.05) is 18.2 Å². The van der Waals surface area contributed by atoms with Crippen molar-refractivity contribution < 1.29 is 9.21 Å². The fraction of sp³-hybridized carbons (Fsp3) is 0.471. The SMILES string of the molecule is CSCc1nnc(SCC(=O)N(C)C2CCCc3ccccc32)o1. The lowest BCUT2D eigenvalue weighted by Crippen LogP contribution is -2.34. The third kappa shape index (κ3) is 3.95. The molecular formula is C17H21N3O2S2. The quantitative estimate of drug-likeness (QED) is 0.732. The molecule has 1 aromatic carbocycles. The van der Waals surface area contributed by atoms with E-state index < -0.39 is 0 Å². The smallest absolute Gasteiger partial charge is 0.277 e. The van der Waals surface area contributed by atoms with Gasteiger partial charge in [0.25, 0.3) is 5.22 Å². The van der Waals surface area contributed by atoms with Crippen LogP contribution in [0.3, 0.4) is 0 Å². The van der Waals surface area contributed by atoms with Crippen LogP contribution >= 0.6 is 23.5 Å². The molecule has 0 saturated heterocycles. The van der Waals surface area contributed by atoms with E-state index in [0.29, 0.717) is 22.6 Å². The van der Waals surface area contributed by atoms with Crippen molar-refractivity contribution in [3.05, 3.63) is 41.3 Å². The highest BCUT2D eigenvalue weighted by atomic mass is 32.2. The van der Waals surface area contributed by atoms with Crippen LogP contribution in [0.1, 0.15) is 35.9 Å². The van der Waals surface area contributed by atoms with Crippen molar-refractivity contribution in [3.8, 4) is 0 Å². The van der Waals surface area contributed by atoms with E-state index in [1.54, 1.807) is 11.8 Å². The maximum Gasteiger partial charge on any atom is 0.277 e. The van der Waals surface area contributed by atoms with Gasteiger partial charge in [0.1, 0.15) is 0 Å². The zero-order chi connectivity index (χ0) is 16.9. The first-order valence-electron chi connectivity index (χ1n) is 7.96. The van der Waals surface area contributed by atoms with Gasteiger partial charge in [-0.05, 0) is 36.6 Å². The van der Waals surface area contributed by atoms with E-state index in [9.17, 15) is 4.79 Å². The minimum atomic E-state index is 0.0892. The van der Waals surface area contributed by atoms with Crippen molar-refractivity contribution in [1.82, 2.24) is 15.1 Å². The Morgan fingerprint density at radius 2 is 2.21 bits per heavy atom. The molecule has 1 aliphatic carbocycles. The average molecular weight is 364 g/mol. The largest absolute Gasteiger partial charge is 0.415 e. The zero-order valence-corrected chi connectivity index (χ0v) is 15.5. The molecule has 1 aromatic heterocycles. The van der Waals surface area contributed by atoms with Crippen LogP contribution in [0.25, 0.3) is 0 Å². The number of thioether (sulfide) groups is 2. The van der Waals surface area contributed by atoms with E-state index in [1.165, 1.54) is 22.9 Å². The summed E-state index contributed by atoms with van der Waals surface area (Å²) < 4.78 is 5.51. The molecule has 1 unspecified atom stereocenters. The first-order chi connectivity index (χ1) is 11.7. The molecule has 128 valence electrons. The lowest BCUT2D eigenvalue weighted by atomic mass is 9.87. The van der Waals surface area contributed by atoms with E-state index in [0.717, 1.165) is 19.3 Å². The maximum atomic E-state index is 12.6. The molecule has 1 heterocycles. The number of hydrogen-bond acceptors (Lipinski definition) is 6. The van der Waals surface area contributed by atoms with E-state index in [4.69, 9.17) is 4.42 Å². The number of carbonyl (C=O) groups is 1. The van der Waals surface area contributed by atoms with Gasteiger partial charge in [-0.1, -0.05) is 36.0 Å². The second-order valence-corrected chi connectivity index (χ2v) is 7.59. The Balaban J connectivity index is 1.61. The van der Waals surface area contributed by atoms with Crippen molar-refractivity contribution in [2.75, 3.05) is 19.1 Å². The molecule has 0 bridgehead atoms. The Morgan fingerprint density at radius 3 is 3.04 bits per heavy atom. The molecule has 24 heavy (non-hydrogen) atoms. The predicted molar refractivity (Wildman–Crippen MR) is 97.1 cm³/mol. The lowest BCUT2D eigenvalue weighted by molar-refractivity contribution is -0.129. The summed E-state index contributed by atoms with van der Waals surface area (Å²) in [7, 11) is 1.89. The average Bonchev–Trinajstić information content (AvgIpc) is 3.06. The first-order valence-corrected chi connectivity index (χ1v) is 10.3. The number of benzene rings is 1. The molecule has 0 spiro atoms. The minimum Gasteiger partial charge on any atom is -0.415 e. The molecule has 7 heteroatoms. The van der Waals surface area contributed by atoms with Crippen LogP contribution in [-0.4, -0.2) is 40.1 Å². The normalized spacial score (nSPS) is 16.7. The summed E-state index contributed by atoms with van der Waals surface area (Å²) in [6, 6.07) is 8.59. The van der Waals surface area contributed by atoms with Gasteiger partial charge in [0.15, 0.2) is 0 Å². The van der Waals surface area contributed by atoms with Crippen LogP contribution in [-0.2, 0) is 17.0 Å². The van der Waals surface area contributed by atoms with Gasteiger partial charge in [0.2, 0.25) is 11.8 Å². The van der Waals surface area contributed by atoms with Crippen molar-refractivity contribution in [2.24, 2.45) is 0 Å². The lowest BCUT2D eigenvalue weighted by Gasteiger charge is -2.33. The van der Waals surface area contributed by atoms with Gasteiger partial charge < -0.3 is 9.32 Å². The molecule has 2 aromatic rings. The van der Waals surface area contributed by atoms with Crippen LogP contribution in [0.15, 0.2) is 33.9 Å². The van der Waals surface area contributed by atoms with Gasteiger partial charge in [-0.3, -0.25) is 4.79 Å². The molecule has 1 atom stereocenters. The number of amides is 1. The third-order valence-corrected chi connectivity index (χ3v) is 5.57. The molecule has 5 nitrogen and oxygen atoms in total.